The molecule has 1 saturated carbocycles. The van der Waals surface area contributed by atoms with Crippen molar-refractivity contribution in [3.63, 3.8) is 0 Å². The molecule has 0 radical (unpaired) electrons. The van der Waals surface area contributed by atoms with Gasteiger partial charge in [0.2, 0.25) is 5.88 Å². The Morgan fingerprint density at radius 1 is 1.27 bits per heavy atom. The average Bonchev–Trinajstić information content (AvgIpc) is 2.95. The largest absolute Gasteiger partial charge is 0.481 e. The minimum Gasteiger partial charge on any atom is -0.481 e. The maximum Gasteiger partial charge on any atom is 0.340 e. The van der Waals surface area contributed by atoms with E-state index in [2.05, 4.69) is 15.0 Å². The van der Waals surface area contributed by atoms with E-state index < -0.39 is 17.6 Å². The summed E-state index contributed by atoms with van der Waals surface area (Å²) in [4.78, 5) is 27.9. The number of hydrogen-bond donors (Lipinski definition) is 2. The number of ketones is 1. The van der Waals surface area contributed by atoms with Gasteiger partial charge in [0, 0.05) is 36.4 Å². The lowest BCUT2D eigenvalue weighted by molar-refractivity contribution is -0.162. The van der Waals surface area contributed by atoms with Crippen LogP contribution in [0.1, 0.15) is 12.8 Å². The molecule has 2 atom stereocenters. The Morgan fingerprint density at radius 3 is 2.73 bits per heavy atom. The number of nitrogens with zero attached hydrogens (tertiary/aromatic N) is 1. The van der Waals surface area contributed by atoms with Crippen molar-refractivity contribution >= 4 is 17.4 Å². The number of methoxy groups -OCH3 is 2. The van der Waals surface area contributed by atoms with E-state index in [4.69, 9.17) is 4.74 Å². The van der Waals surface area contributed by atoms with Crippen LogP contribution in [0.4, 0.5) is 5.69 Å². The molecular formula is C19H20N2O5. The third kappa shape index (κ3) is 3.39. The summed E-state index contributed by atoms with van der Waals surface area (Å²) in [6.07, 6.45) is 1.50. The van der Waals surface area contributed by atoms with Gasteiger partial charge in [0.25, 0.3) is 0 Å². The number of benzene rings is 1. The standard InChI is InChI=1S/C19H20N2O5/c1-25-17-7-6-13(11-20-17)12-4-3-5-14(8-12)21-16-9-15(22)10-19(16,24)18(23)26-2/h3-8,11,16,21,24H,9-10H2,1-2H3/t16-,19+/m1/s1. The summed E-state index contributed by atoms with van der Waals surface area (Å²) in [6, 6.07) is 10.3. The van der Waals surface area contributed by atoms with Gasteiger partial charge in [-0.2, -0.15) is 0 Å². The lowest BCUT2D eigenvalue weighted by atomic mass is 9.97. The van der Waals surface area contributed by atoms with E-state index in [0.717, 1.165) is 11.1 Å². The first-order valence-electron chi connectivity index (χ1n) is 8.16. The highest BCUT2D eigenvalue weighted by Gasteiger charge is 2.52. The highest BCUT2D eigenvalue weighted by Crippen LogP contribution is 2.32. The van der Waals surface area contributed by atoms with Crippen LogP contribution in [0.5, 0.6) is 5.88 Å². The second-order valence-electron chi connectivity index (χ2n) is 6.20. The number of anilines is 1. The van der Waals surface area contributed by atoms with Crippen molar-refractivity contribution in [2.75, 3.05) is 19.5 Å². The lowest BCUT2D eigenvalue weighted by Crippen LogP contribution is -2.49. The van der Waals surface area contributed by atoms with E-state index in [0.29, 0.717) is 11.6 Å². The molecule has 1 aromatic carbocycles. The Bertz CT molecular complexity index is 821. The highest BCUT2D eigenvalue weighted by molar-refractivity contribution is 5.95. The Kier molecular flexibility index (Phi) is 4.90. The average molecular weight is 356 g/mol. The molecule has 2 N–H and O–H groups in total. The molecule has 1 fully saturated rings. The van der Waals surface area contributed by atoms with Crippen molar-refractivity contribution < 1.29 is 24.2 Å². The zero-order chi connectivity index (χ0) is 18.7. The number of hydrogen-bond acceptors (Lipinski definition) is 7. The summed E-state index contributed by atoms with van der Waals surface area (Å²) in [5.41, 5.74) is 0.611. The van der Waals surface area contributed by atoms with Gasteiger partial charge in [-0.05, 0) is 23.8 Å². The second-order valence-corrected chi connectivity index (χ2v) is 6.20. The number of Topliss-reactive ketones (excluding diaryl/α,β-unsaturated/α-hetero) is 1. The number of carbonyl (C=O) groups excluding carboxylic acids is 2. The van der Waals surface area contributed by atoms with Gasteiger partial charge < -0.3 is 19.9 Å². The van der Waals surface area contributed by atoms with E-state index in [1.807, 2.05) is 24.3 Å². The van der Waals surface area contributed by atoms with Gasteiger partial charge >= 0.3 is 5.97 Å². The highest BCUT2D eigenvalue weighted by atomic mass is 16.5. The summed E-state index contributed by atoms with van der Waals surface area (Å²) in [5.74, 6) is -0.474. The van der Waals surface area contributed by atoms with Gasteiger partial charge in [-0.25, -0.2) is 9.78 Å². The van der Waals surface area contributed by atoms with E-state index >= 15 is 0 Å². The zero-order valence-corrected chi connectivity index (χ0v) is 14.6. The number of esters is 1. The Balaban J connectivity index is 1.84. The molecule has 1 aliphatic rings. The third-order valence-corrected chi connectivity index (χ3v) is 4.50. The maximum atomic E-state index is 11.9. The quantitative estimate of drug-likeness (QED) is 0.788. The SMILES string of the molecule is COC(=O)[C@]1(O)CC(=O)C[C@H]1Nc1cccc(-c2ccc(OC)nc2)c1. The molecule has 1 aromatic heterocycles. The van der Waals surface area contributed by atoms with Crippen LogP contribution >= 0.6 is 0 Å². The third-order valence-electron chi connectivity index (χ3n) is 4.50. The molecule has 0 amide bonds. The number of rotatable bonds is 5. The molecular weight excluding hydrogens is 336 g/mol. The number of nitrogens with one attached hydrogen (secondary N) is 1. The van der Waals surface area contributed by atoms with Gasteiger partial charge in [-0.3, -0.25) is 4.79 Å². The van der Waals surface area contributed by atoms with Gasteiger partial charge in [0.15, 0.2) is 5.60 Å². The Labute approximate surface area is 151 Å². The Morgan fingerprint density at radius 2 is 2.08 bits per heavy atom. The topological polar surface area (TPSA) is 97.8 Å². The molecule has 0 bridgehead atoms. The molecule has 7 nitrogen and oxygen atoms in total. The van der Waals surface area contributed by atoms with E-state index in [9.17, 15) is 14.7 Å². The van der Waals surface area contributed by atoms with Crippen molar-refractivity contribution in [3.8, 4) is 17.0 Å². The van der Waals surface area contributed by atoms with Gasteiger partial charge in [0.05, 0.1) is 20.3 Å². The predicted octanol–water partition coefficient (Wildman–Crippen LogP) is 1.80. The molecule has 26 heavy (non-hydrogen) atoms. The molecule has 0 unspecified atom stereocenters. The van der Waals surface area contributed by atoms with Gasteiger partial charge in [-0.15, -0.1) is 0 Å². The molecule has 0 spiro atoms. The smallest absolute Gasteiger partial charge is 0.340 e. The van der Waals surface area contributed by atoms with Gasteiger partial charge in [0.1, 0.15) is 5.78 Å². The second kappa shape index (κ2) is 7.13. The summed E-state index contributed by atoms with van der Waals surface area (Å²) in [6.45, 7) is 0. The van der Waals surface area contributed by atoms with E-state index in [-0.39, 0.29) is 18.6 Å². The fourth-order valence-corrected chi connectivity index (χ4v) is 3.12. The molecule has 3 rings (SSSR count). The molecule has 7 heteroatoms. The van der Waals surface area contributed by atoms with E-state index in [1.165, 1.54) is 7.11 Å². The monoisotopic (exact) mass is 356 g/mol. The molecule has 2 aromatic rings. The number of aliphatic hydroxyl groups is 1. The first kappa shape index (κ1) is 17.9. The molecule has 1 aliphatic carbocycles. The van der Waals surface area contributed by atoms with Crippen LogP contribution in [0.15, 0.2) is 42.6 Å². The number of aromatic nitrogens is 1. The van der Waals surface area contributed by atoms with Crippen molar-refractivity contribution in [1.29, 1.82) is 0 Å². The minimum absolute atomic E-state index is 0.0555. The van der Waals surface area contributed by atoms with Crippen molar-refractivity contribution in [2.45, 2.75) is 24.5 Å². The summed E-state index contributed by atoms with van der Waals surface area (Å²) in [7, 11) is 2.75. The van der Waals surface area contributed by atoms with Gasteiger partial charge in [-0.1, -0.05) is 12.1 Å². The van der Waals surface area contributed by atoms with Crippen LogP contribution in [-0.2, 0) is 14.3 Å². The number of carbonyl (C=O) groups is 2. The van der Waals surface area contributed by atoms with Crippen LogP contribution in [0, 0.1) is 0 Å². The zero-order valence-electron chi connectivity index (χ0n) is 14.6. The van der Waals surface area contributed by atoms with Crippen LogP contribution in [-0.4, -0.2) is 47.7 Å². The molecule has 136 valence electrons. The van der Waals surface area contributed by atoms with Crippen molar-refractivity contribution in [3.05, 3.63) is 42.6 Å². The first-order valence-corrected chi connectivity index (χ1v) is 8.16. The van der Waals surface area contributed by atoms with Crippen LogP contribution in [0.25, 0.3) is 11.1 Å². The molecule has 1 heterocycles. The van der Waals surface area contributed by atoms with Crippen molar-refractivity contribution in [1.82, 2.24) is 4.98 Å². The minimum atomic E-state index is -1.86. The predicted molar refractivity (Wildman–Crippen MR) is 94.8 cm³/mol. The number of ether oxygens (including phenoxy) is 2. The fraction of sp³-hybridized carbons (Fsp3) is 0.316. The van der Waals surface area contributed by atoms with E-state index in [1.54, 1.807) is 25.4 Å². The molecule has 0 saturated heterocycles. The first-order chi connectivity index (χ1) is 12.5. The fourth-order valence-electron chi connectivity index (χ4n) is 3.12. The molecule has 0 aliphatic heterocycles. The maximum absolute atomic E-state index is 11.9. The summed E-state index contributed by atoms with van der Waals surface area (Å²) < 4.78 is 9.72. The summed E-state index contributed by atoms with van der Waals surface area (Å²) in [5, 5.41) is 13.7. The number of pyridine rings is 1. The van der Waals surface area contributed by atoms with Crippen LogP contribution < -0.4 is 10.1 Å². The lowest BCUT2D eigenvalue weighted by Gasteiger charge is -2.27. The Hall–Kier alpha value is -2.93. The van der Waals surface area contributed by atoms with Crippen LogP contribution in [0.3, 0.4) is 0 Å². The van der Waals surface area contributed by atoms with Crippen LogP contribution in [0.2, 0.25) is 0 Å². The summed E-state index contributed by atoms with van der Waals surface area (Å²) >= 11 is 0. The van der Waals surface area contributed by atoms with Crippen molar-refractivity contribution in [2.24, 2.45) is 0 Å². The normalized spacial score (nSPS) is 22.1.